The van der Waals surface area contributed by atoms with E-state index >= 15 is 0 Å². The highest BCUT2D eigenvalue weighted by Gasteiger charge is 2.07. The SMILES string of the molecule is Cc1nc(C)c(CNC(=O)Nc2cccc(F)c2)s1. The first-order valence-corrected chi connectivity index (χ1v) is 6.59. The van der Waals surface area contributed by atoms with E-state index in [9.17, 15) is 9.18 Å². The standard InChI is InChI=1S/C13H14FN3OS/c1-8-12(19-9(2)16-8)7-15-13(18)17-11-5-3-4-10(14)6-11/h3-6H,7H2,1-2H3,(H2,15,17,18). The Labute approximate surface area is 114 Å². The summed E-state index contributed by atoms with van der Waals surface area (Å²) >= 11 is 1.55. The summed E-state index contributed by atoms with van der Waals surface area (Å²) in [6, 6.07) is 5.40. The summed E-state index contributed by atoms with van der Waals surface area (Å²) in [4.78, 5) is 17.0. The van der Waals surface area contributed by atoms with Crippen LogP contribution in [0.1, 0.15) is 15.6 Å². The smallest absolute Gasteiger partial charge is 0.319 e. The lowest BCUT2D eigenvalue weighted by molar-refractivity contribution is 0.252. The largest absolute Gasteiger partial charge is 0.333 e. The van der Waals surface area contributed by atoms with Crippen molar-refractivity contribution >= 4 is 23.1 Å². The number of rotatable bonds is 3. The second-order valence-corrected chi connectivity index (χ2v) is 5.35. The predicted octanol–water partition coefficient (Wildman–Crippen LogP) is 3.22. The molecule has 1 heterocycles. The van der Waals surface area contributed by atoms with Gasteiger partial charge >= 0.3 is 6.03 Å². The van der Waals surface area contributed by atoms with Crippen LogP contribution in [0, 0.1) is 19.7 Å². The molecule has 2 rings (SSSR count). The lowest BCUT2D eigenvalue weighted by atomic mass is 10.3. The van der Waals surface area contributed by atoms with Gasteiger partial charge in [0.2, 0.25) is 0 Å². The highest BCUT2D eigenvalue weighted by molar-refractivity contribution is 7.11. The zero-order valence-corrected chi connectivity index (χ0v) is 11.5. The number of carbonyl (C=O) groups is 1. The first kappa shape index (κ1) is 13.5. The van der Waals surface area contributed by atoms with Gasteiger partial charge in [0, 0.05) is 10.6 Å². The first-order chi connectivity index (χ1) is 9.04. The number of carbonyl (C=O) groups excluding carboxylic acids is 1. The van der Waals surface area contributed by atoms with Gasteiger partial charge in [0.1, 0.15) is 5.82 Å². The molecule has 0 aliphatic carbocycles. The average Bonchev–Trinajstić information content (AvgIpc) is 2.65. The summed E-state index contributed by atoms with van der Waals surface area (Å²) in [7, 11) is 0. The molecule has 2 amide bonds. The summed E-state index contributed by atoms with van der Waals surface area (Å²) in [5.41, 5.74) is 1.35. The predicted molar refractivity (Wildman–Crippen MR) is 73.8 cm³/mol. The molecule has 6 heteroatoms. The molecule has 0 aliphatic heterocycles. The number of aryl methyl sites for hydroxylation is 2. The van der Waals surface area contributed by atoms with Crippen LogP contribution < -0.4 is 10.6 Å². The number of thiazole rings is 1. The highest BCUT2D eigenvalue weighted by atomic mass is 32.1. The van der Waals surface area contributed by atoms with Crippen LogP contribution in [0.5, 0.6) is 0 Å². The van der Waals surface area contributed by atoms with E-state index < -0.39 is 0 Å². The number of hydrogen-bond acceptors (Lipinski definition) is 3. The van der Waals surface area contributed by atoms with Gasteiger partial charge in [-0.15, -0.1) is 11.3 Å². The van der Waals surface area contributed by atoms with Crippen molar-refractivity contribution in [3.8, 4) is 0 Å². The molecular weight excluding hydrogens is 265 g/mol. The summed E-state index contributed by atoms with van der Waals surface area (Å²) in [5.74, 6) is -0.383. The molecule has 1 aromatic heterocycles. The number of urea groups is 1. The molecule has 1 aromatic carbocycles. The first-order valence-electron chi connectivity index (χ1n) is 5.78. The van der Waals surface area contributed by atoms with Gasteiger partial charge in [0.05, 0.1) is 17.2 Å². The van der Waals surface area contributed by atoms with E-state index in [0.29, 0.717) is 12.2 Å². The Morgan fingerprint density at radius 3 is 2.84 bits per heavy atom. The van der Waals surface area contributed by atoms with Gasteiger partial charge in [0.25, 0.3) is 0 Å². The number of halogens is 1. The van der Waals surface area contributed by atoms with Crippen LogP contribution in [0.4, 0.5) is 14.9 Å². The average molecular weight is 279 g/mol. The van der Waals surface area contributed by atoms with Gasteiger partial charge in [0.15, 0.2) is 0 Å². The third kappa shape index (κ3) is 3.75. The van der Waals surface area contributed by atoms with Crippen LogP contribution in [0.3, 0.4) is 0 Å². The van der Waals surface area contributed by atoms with E-state index in [0.717, 1.165) is 15.6 Å². The van der Waals surface area contributed by atoms with Crippen molar-refractivity contribution in [3.05, 3.63) is 45.7 Å². The molecular formula is C13H14FN3OS. The van der Waals surface area contributed by atoms with Crippen LogP contribution in [-0.4, -0.2) is 11.0 Å². The summed E-state index contributed by atoms with van der Waals surface area (Å²) in [5, 5.41) is 6.26. The van der Waals surface area contributed by atoms with Crippen molar-refractivity contribution in [2.75, 3.05) is 5.32 Å². The lowest BCUT2D eigenvalue weighted by Gasteiger charge is -2.06. The number of hydrogen-bond donors (Lipinski definition) is 2. The summed E-state index contributed by atoms with van der Waals surface area (Å²) in [6.45, 7) is 4.25. The number of anilines is 1. The molecule has 0 saturated carbocycles. The monoisotopic (exact) mass is 279 g/mol. The number of amides is 2. The van der Waals surface area contributed by atoms with Crippen molar-refractivity contribution in [1.29, 1.82) is 0 Å². The Kier molecular flexibility index (Phi) is 4.11. The molecule has 0 radical (unpaired) electrons. The minimum absolute atomic E-state index is 0.365. The maximum absolute atomic E-state index is 12.9. The van der Waals surface area contributed by atoms with E-state index in [4.69, 9.17) is 0 Å². The molecule has 0 atom stereocenters. The fraction of sp³-hybridized carbons (Fsp3) is 0.231. The molecule has 0 aliphatic rings. The Bertz CT molecular complexity index is 597. The van der Waals surface area contributed by atoms with Crippen LogP contribution in [0.2, 0.25) is 0 Å². The van der Waals surface area contributed by atoms with Crippen molar-refractivity contribution in [2.24, 2.45) is 0 Å². The zero-order valence-electron chi connectivity index (χ0n) is 10.7. The van der Waals surface area contributed by atoms with Crippen molar-refractivity contribution < 1.29 is 9.18 Å². The van der Waals surface area contributed by atoms with Gasteiger partial charge in [-0.25, -0.2) is 14.2 Å². The maximum atomic E-state index is 12.9. The molecule has 0 saturated heterocycles. The van der Waals surface area contributed by atoms with Crippen molar-refractivity contribution in [2.45, 2.75) is 20.4 Å². The van der Waals surface area contributed by atoms with E-state index in [1.165, 1.54) is 12.1 Å². The second kappa shape index (κ2) is 5.79. The Morgan fingerprint density at radius 1 is 1.42 bits per heavy atom. The quantitative estimate of drug-likeness (QED) is 0.906. The normalized spacial score (nSPS) is 10.3. The molecule has 19 heavy (non-hydrogen) atoms. The van der Waals surface area contributed by atoms with E-state index in [1.807, 2.05) is 13.8 Å². The van der Waals surface area contributed by atoms with Crippen LogP contribution in [0.25, 0.3) is 0 Å². The lowest BCUT2D eigenvalue weighted by Crippen LogP contribution is -2.28. The van der Waals surface area contributed by atoms with E-state index in [-0.39, 0.29) is 11.8 Å². The Morgan fingerprint density at radius 2 is 2.21 bits per heavy atom. The summed E-state index contributed by atoms with van der Waals surface area (Å²) in [6.07, 6.45) is 0. The number of benzene rings is 1. The number of aromatic nitrogens is 1. The van der Waals surface area contributed by atoms with E-state index in [2.05, 4.69) is 15.6 Å². The van der Waals surface area contributed by atoms with Crippen LogP contribution >= 0.6 is 11.3 Å². The third-order valence-electron chi connectivity index (χ3n) is 2.49. The third-order valence-corrected chi connectivity index (χ3v) is 3.56. The fourth-order valence-corrected chi connectivity index (χ4v) is 2.52. The van der Waals surface area contributed by atoms with Gasteiger partial charge in [-0.2, -0.15) is 0 Å². The van der Waals surface area contributed by atoms with Crippen molar-refractivity contribution in [1.82, 2.24) is 10.3 Å². The van der Waals surface area contributed by atoms with Gasteiger partial charge < -0.3 is 10.6 Å². The molecule has 0 bridgehead atoms. The van der Waals surface area contributed by atoms with Gasteiger partial charge in [-0.3, -0.25) is 0 Å². The molecule has 0 unspecified atom stereocenters. The molecule has 0 fully saturated rings. The molecule has 4 nitrogen and oxygen atoms in total. The Hall–Kier alpha value is -1.95. The van der Waals surface area contributed by atoms with Crippen LogP contribution in [-0.2, 0) is 6.54 Å². The second-order valence-electron chi connectivity index (χ2n) is 4.06. The molecule has 2 aromatic rings. The fourth-order valence-electron chi connectivity index (χ4n) is 1.64. The minimum atomic E-state index is -0.383. The van der Waals surface area contributed by atoms with Gasteiger partial charge in [-0.05, 0) is 32.0 Å². The number of nitrogens with zero attached hydrogens (tertiary/aromatic N) is 1. The molecule has 100 valence electrons. The maximum Gasteiger partial charge on any atom is 0.319 e. The summed E-state index contributed by atoms with van der Waals surface area (Å²) < 4.78 is 12.9. The zero-order chi connectivity index (χ0) is 13.8. The minimum Gasteiger partial charge on any atom is -0.333 e. The highest BCUT2D eigenvalue weighted by Crippen LogP contribution is 2.16. The topological polar surface area (TPSA) is 54.0 Å². The molecule has 0 spiro atoms. The van der Waals surface area contributed by atoms with E-state index in [1.54, 1.807) is 23.5 Å². The van der Waals surface area contributed by atoms with Crippen molar-refractivity contribution in [3.63, 3.8) is 0 Å². The number of nitrogens with one attached hydrogen (secondary N) is 2. The van der Waals surface area contributed by atoms with Gasteiger partial charge in [-0.1, -0.05) is 6.07 Å². The van der Waals surface area contributed by atoms with Crippen LogP contribution in [0.15, 0.2) is 24.3 Å². The Balaban J connectivity index is 1.90. The molecule has 2 N–H and O–H groups in total.